The van der Waals surface area contributed by atoms with Gasteiger partial charge in [-0.3, -0.25) is 4.79 Å². The minimum absolute atomic E-state index is 0.107. The summed E-state index contributed by atoms with van der Waals surface area (Å²) in [5, 5.41) is 11.8. The SMILES string of the molecule is O=C(Nc1ccccc1C#CCO)C1CCCCCCC1. The number of anilines is 1. The highest BCUT2D eigenvalue weighted by Gasteiger charge is 2.19. The molecule has 1 aliphatic carbocycles. The maximum Gasteiger partial charge on any atom is 0.227 e. The maximum absolute atomic E-state index is 12.4. The number of rotatable bonds is 2. The number of nitrogens with one attached hydrogen (secondary N) is 1. The van der Waals surface area contributed by atoms with Gasteiger partial charge < -0.3 is 10.4 Å². The van der Waals surface area contributed by atoms with E-state index in [4.69, 9.17) is 5.11 Å². The number of aliphatic hydroxyl groups is 1. The molecule has 1 aromatic rings. The topological polar surface area (TPSA) is 49.3 Å². The third-order valence-electron chi connectivity index (χ3n) is 3.96. The lowest BCUT2D eigenvalue weighted by Crippen LogP contribution is -2.24. The van der Waals surface area contributed by atoms with E-state index >= 15 is 0 Å². The van der Waals surface area contributed by atoms with Gasteiger partial charge in [0.25, 0.3) is 0 Å². The van der Waals surface area contributed by atoms with Crippen molar-refractivity contribution in [3.8, 4) is 11.8 Å². The van der Waals surface area contributed by atoms with Crippen LogP contribution in [0.15, 0.2) is 24.3 Å². The van der Waals surface area contributed by atoms with Crippen molar-refractivity contribution in [3.05, 3.63) is 29.8 Å². The van der Waals surface area contributed by atoms with Gasteiger partial charge in [-0.15, -0.1) is 0 Å². The third kappa shape index (κ3) is 4.91. The summed E-state index contributed by atoms with van der Waals surface area (Å²) < 4.78 is 0. The summed E-state index contributed by atoms with van der Waals surface area (Å²) in [4.78, 5) is 12.4. The Balaban J connectivity index is 2.04. The molecule has 112 valence electrons. The molecule has 0 bridgehead atoms. The van der Waals surface area contributed by atoms with Crippen molar-refractivity contribution < 1.29 is 9.90 Å². The molecule has 0 spiro atoms. The second kappa shape index (κ2) is 8.49. The lowest BCUT2D eigenvalue weighted by molar-refractivity contribution is -0.120. The van der Waals surface area contributed by atoms with Gasteiger partial charge in [-0.25, -0.2) is 0 Å². The molecule has 0 radical (unpaired) electrons. The van der Waals surface area contributed by atoms with Crippen molar-refractivity contribution in [1.82, 2.24) is 0 Å². The molecule has 0 heterocycles. The number of carbonyl (C=O) groups excluding carboxylic acids is 1. The van der Waals surface area contributed by atoms with Gasteiger partial charge in [-0.2, -0.15) is 0 Å². The second-order valence-corrected chi connectivity index (χ2v) is 5.54. The predicted octanol–water partition coefficient (Wildman–Crippen LogP) is 3.33. The Morgan fingerprint density at radius 1 is 1.14 bits per heavy atom. The van der Waals surface area contributed by atoms with E-state index in [0.29, 0.717) is 0 Å². The van der Waals surface area contributed by atoms with E-state index in [1.807, 2.05) is 24.3 Å². The van der Waals surface area contributed by atoms with Crippen LogP contribution in [-0.4, -0.2) is 17.6 Å². The van der Waals surface area contributed by atoms with Crippen LogP contribution < -0.4 is 5.32 Å². The summed E-state index contributed by atoms with van der Waals surface area (Å²) in [6.07, 6.45) is 8.03. The fraction of sp³-hybridized carbons (Fsp3) is 0.500. The van der Waals surface area contributed by atoms with Gasteiger partial charge in [0.15, 0.2) is 0 Å². The first-order valence-electron chi connectivity index (χ1n) is 7.81. The Morgan fingerprint density at radius 3 is 2.52 bits per heavy atom. The molecule has 1 fully saturated rings. The van der Waals surface area contributed by atoms with Crippen LogP contribution in [0.3, 0.4) is 0 Å². The monoisotopic (exact) mass is 285 g/mol. The van der Waals surface area contributed by atoms with Gasteiger partial charge in [-0.1, -0.05) is 56.1 Å². The lowest BCUT2D eigenvalue weighted by Gasteiger charge is -2.19. The van der Waals surface area contributed by atoms with Crippen LogP contribution >= 0.6 is 0 Å². The van der Waals surface area contributed by atoms with E-state index in [1.54, 1.807) is 0 Å². The fourth-order valence-electron chi connectivity index (χ4n) is 2.79. The Kier molecular flexibility index (Phi) is 6.30. The van der Waals surface area contributed by atoms with Crippen LogP contribution in [0.4, 0.5) is 5.69 Å². The molecule has 2 rings (SSSR count). The molecule has 0 aromatic heterocycles. The summed E-state index contributed by atoms with van der Waals surface area (Å²) in [5.41, 5.74) is 1.50. The molecule has 3 heteroatoms. The largest absolute Gasteiger partial charge is 0.384 e. The second-order valence-electron chi connectivity index (χ2n) is 5.54. The number of aliphatic hydroxyl groups excluding tert-OH is 1. The van der Waals surface area contributed by atoms with E-state index in [1.165, 1.54) is 19.3 Å². The first kappa shape index (κ1) is 15.6. The summed E-state index contributed by atoms with van der Waals surface area (Å²) in [7, 11) is 0. The van der Waals surface area contributed by atoms with Gasteiger partial charge in [0.05, 0.1) is 5.69 Å². The standard InChI is InChI=1S/C18H23NO2/c20-14-8-12-15-9-6-7-13-17(15)19-18(21)16-10-4-2-1-3-5-11-16/h6-7,9,13,16,20H,1-5,10-11,14H2,(H,19,21). The van der Waals surface area contributed by atoms with Gasteiger partial charge >= 0.3 is 0 Å². The number of benzene rings is 1. The number of para-hydroxylation sites is 1. The zero-order chi connectivity index (χ0) is 14.9. The third-order valence-corrected chi connectivity index (χ3v) is 3.96. The average Bonchev–Trinajstić information content (AvgIpc) is 2.46. The van der Waals surface area contributed by atoms with Crippen molar-refractivity contribution in [3.63, 3.8) is 0 Å². The molecule has 1 aliphatic rings. The Hall–Kier alpha value is -1.79. The van der Waals surface area contributed by atoms with Gasteiger partial charge in [0, 0.05) is 11.5 Å². The van der Waals surface area contributed by atoms with Crippen LogP contribution in [0, 0.1) is 17.8 Å². The van der Waals surface area contributed by atoms with Crippen molar-refractivity contribution in [1.29, 1.82) is 0 Å². The summed E-state index contributed by atoms with van der Waals surface area (Å²) in [6, 6.07) is 7.49. The molecule has 21 heavy (non-hydrogen) atoms. The van der Waals surface area contributed by atoms with Crippen LogP contribution in [0.25, 0.3) is 0 Å². The molecule has 1 saturated carbocycles. The predicted molar refractivity (Wildman–Crippen MR) is 84.8 cm³/mol. The summed E-state index contributed by atoms with van der Waals surface area (Å²) >= 11 is 0. The van der Waals surface area contributed by atoms with Crippen LogP contribution in [-0.2, 0) is 4.79 Å². The quantitative estimate of drug-likeness (QED) is 0.819. The minimum atomic E-state index is -0.176. The van der Waals surface area contributed by atoms with Crippen LogP contribution in [0.5, 0.6) is 0 Å². The summed E-state index contributed by atoms with van der Waals surface area (Å²) in [6.45, 7) is -0.176. The zero-order valence-corrected chi connectivity index (χ0v) is 12.4. The average molecular weight is 285 g/mol. The number of hydrogen-bond acceptors (Lipinski definition) is 2. The zero-order valence-electron chi connectivity index (χ0n) is 12.4. The molecule has 3 nitrogen and oxygen atoms in total. The molecule has 1 amide bonds. The number of amides is 1. The first-order chi connectivity index (χ1) is 10.3. The number of hydrogen-bond donors (Lipinski definition) is 2. The highest BCUT2D eigenvalue weighted by molar-refractivity contribution is 5.93. The van der Waals surface area contributed by atoms with E-state index in [0.717, 1.165) is 36.9 Å². The molecular weight excluding hydrogens is 262 g/mol. The Bertz CT molecular complexity index is 520. The lowest BCUT2D eigenvalue weighted by atomic mass is 9.90. The van der Waals surface area contributed by atoms with E-state index < -0.39 is 0 Å². The van der Waals surface area contributed by atoms with Crippen molar-refractivity contribution in [2.45, 2.75) is 44.9 Å². The summed E-state index contributed by atoms with van der Waals surface area (Å²) in [5.74, 6) is 5.73. The van der Waals surface area contributed by atoms with Crippen molar-refractivity contribution in [2.24, 2.45) is 5.92 Å². The smallest absolute Gasteiger partial charge is 0.227 e. The minimum Gasteiger partial charge on any atom is -0.384 e. The molecule has 0 aliphatic heterocycles. The Morgan fingerprint density at radius 2 is 1.81 bits per heavy atom. The van der Waals surface area contributed by atoms with E-state index in [9.17, 15) is 4.79 Å². The molecule has 2 N–H and O–H groups in total. The van der Waals surface area contributed by atoms with E-state index in [-0.39, 0.29) is 18.4 Å². The molecule has 0 saturated heterocycles. The van der Waals surface area contributed by atoms with Gasteiger partial charge in [0.1, 0.15) is 6.61 Å². The highest BCUT2D eigenvalue weighted by atomic mass is 16.2. The van der Waals surface area contributed by atoms with Gasteiger partial charge in [0.2, 0.25) is 5.91 Å². The molecule has 0 unspecified atom stereocenters. The fourth-order valence-corrected chi connectivity index (χ4v) is 2.79. The molecule has 1 aromatic carbocycles. The normalized spacial score (nSPS) is 16.2. The molecule has 0 atom stereocenters. The number of carbonyl (C=O) groups is 1. The van der Waals surface area contributed by atoms with Crippen molar-refractivity contribution >= 4 is 11.6 Å². The first-order valence-corrected chi connectivity index (χ1v) is 7.81. The maximum atomic E-state index is 12.4. The van der Waals surface area contributed by atoms with Crippen LogP contribution in [0.2, 0.25) is 0 Å². The van der Waals surface area contributed by atoms with Crippen LogP contribution in [0.1, 0.15) is 50.5 Å². The van der Waals surface area contributed by atoms with Gasteiger partial charge in [-0.05, 0) is 25.0 Å². The highest BCUT2D eigenvalue weighted by Crippen LogP contribution is 2.24. The van der Waals surface area contributed by atoms with E-state index in [2.05, 4.69) is 17.2 Å². The Labute approximate surface area is 126 Å². The van der Waals surface area contributed by atoms with Crippen molar-refractivity contribution in [2.75, 3.05) is 11.9 Å². The molecular formula is C18H23NO2.